The second-order valence-electron chi connectivity index (χ2n) is 7.79. The van der Waals surface area contributed by atoms with E-state index < -0.39 is 24.1 Å². The molecule has 0 saturated carbocycles. The van der Waals surface area contributed by atoms with E-state index in [4.69, 9.17) is 23.5 Å². The second kappa shape index (κ2) is 7.84. The minimum atomic E-state index is -0.588. The van der Waals surface area contributed by atoms with Gasteiger partial charge >= 0.3 is 7.12 Å². The van der Waals surface area contributed by atoms with Crippen LogP contribution >= 0.6 is 0 Å². The van der Waals surface area contributed by atoms with Gasteiger partial charge in [-0.25, -0.2) is 4.39 Å². The SMILES string of the molecule is CC1(C)OB(c2ccc(OCCOC3CCCCO3)c(F)c2)OC1(C)C. The predicted molar refractivity (Wildman–Crippen MR) is 97.2 cm³/mol. The minimum Gasteiger partial charge on any atom is -0.488 e. The smallest absolute Gasteiger partial charge is 0.488 e. The maximum absolute atomic E-state index is 14.4. The van der Waals surface area contributed by atoms with Gasteiger partial charge in [-0.15, -0.1) is 0 Å². The predicted octanol–water partition coefficient (Wildman–Crippen LogP) is 3.05. The Kier molecular flexibility index (Phi) is 5.92. The summed E-state index contributed by atoms with van der Waals surface area (Å²) in [5.74, 6) is -0.246. The van der Waals surface area contributed by atoms with E-state index in [1.54, 1.807) is 12.1 Å². The standard InChI is InChI=1S/C19H28BFO5/c1-18(2)19(3,4)26-20(25-18)14-8-9-16(15(21)13-14)22-11-12-24-17-7-5-6-10-23-17/h8-9,13,17H,5-7,10-12H2,1-4H3. The summed E-state index contributed by atoms with van der Waals surface area (Å²) in [6.07, 6.45) is 2.93. The van der Waals surface area contributed by atoms with Crippen LogP contribution in [0, 0.1) is 5.82 Å². The number of rotatable bonds is 6. The lowest BCUT2D eigenvalue weighted by Gasteiger charge is -2.32. The Labute approximate surface area is 155 Å². The highest BCUT2D eigenvalue weighted by Gasteiger charge is 2.51. The fourth-order valence-electron chi connectivity index (χ4n) is 2.93. The molecule has 2 saturated heterocycles. The zero-order chi connectivity index (χ0) is 18.8. The van der Waals surface area contributed by atoms with E-state index in [9.17, 15) is 4.39 Å². The molecule has 7 heteroatoms. The molecule has 0 amide bonds. The van der Waals surface area contributed by atoms with Gasteiger partial charge in [0.05, 0.1) is 17.8 Å². The van der Waals surface area contributed by atoms with Crippen molar-refractivity contribution in [1.82, 2.24) is 0 Å². The average Bonchev–Trinajstić information content (AvgIpc) is 2.81. The molecule has 2 aliphatic rings. The first-order valence-electron chi connectivity index (χ1n) is 9.30. The summed E-state index contributed by atoms with van der Waals surface area (Å²) >= 11 is 0. The van der Waals surface area contributed by atoms with E-state index in [1.807, 2.05) is 27.7 Å². The van der Waals surface area contributed by atoms with Crippen molar-refractivity contribution in [3.63, 3.8) is 0 Å². The summed E-state index contributed by atoms with van der Waals surface area (Å²) < 4.78 is 42.8. The highest BCUT2D eigenvalue weighted by atomic mass is 19.1. The summed E-state index contributed by atoms with van der Waals surface area (Å²) in [5.41, 5.74) is -0.274. The molecular weight excluding hydrogens is 338 g/mol. The zero-order valence-electron chi connectivity index (χ0n) is 16.0. The monoisotopic (exact) mass is 366 g/mol. The van der Waals surface area contributed by atoms with Crippen LogP contribution in [0.4, 0.5) is 4.39 Å². The van der Waals surface area contributed by atoms with Crippen molar-refractivity contribution in [1.29, 1.82) is 0 Å². The normalized spacial score (nSPS) is 24.7. The number of hydrogen-bond acceptors (Lipinski definition) is 5. The van der Waals surface area contributed by atoms with Crippen molar-refractivity contribution >= 4 is 12.6 Å². The highest BCUT2D eigenvalue weighted by Crippen LogP contribution is 2.36. The number of hydrogen-bond donors (Lipinski definition) is 0. The molecule has 2 heterocycles. The van der Waals surface area contributed by atoms with Crippen LogP contribution in [-0.4, -0.2) is 44.4 Å². The van der Waals surface area contributed by atoms with Gasteiger partial charge in [0.2, 0.25) is 0 Å². The van der Waals surface area contributed by atoms with Crippen LogP contribution in [0.1, 0.15) is 47.0 Å². The molecule has 0 spiro atoms. The van der Waals surface area contributed by atoms with Crippen LogP contribution < -0.4 is 10.2 Å². The van der Waals surface area contributed by atoms with E-state index >= 15 is 0 Å². The second-order valence-corrected chi connectivity index (χ2v) is 7.79. The van der Waals surface area contributed by atoms with Crippen LogP contribution in [0.2, 0.25) is 0 Å². The van der Waals surface area contributed by atoms with Crippen molar-refractivity contribution in [2.24, 2.45) is 0 Å². The van der Waals surface area contributed by atoms with Gasteiger partial charge in [-0.3, -0.25) is 0 Å². The number of ether oxygens (including phenoxy) is 3. The van der Waals surface area contributed by atoms with Gasteiger partial charge in [-0.2, -0.15) is 0 Å². The molecule has 0 bridgehead atoms. The third-order valence-electron chi connectivity index (χ3n) is 5.26. The summed E-state index contributed by atoms with van der Waals surface area (Å²) in [6.45, 7) is 9.25. The molecule has 26 heavy (non-hydrogen) atoms. The summed E-state index contributed by atoms with van der Waals surface area (Å²) in [4.78, 5) is 0. The molecule has 144 valence electrons. The molecule has 3 rings (SSSR count). The van der Waals surface area contributed by atoms with Gasteiger partial charge in [0, 0.05) is 6.61 Å². The van der Waals surface area contributed by atoms with E-state index in [1.165, 1.54) is 6.07 Å². The number of benzene rings is 1. The van der Waals surface area contributed by atoms with Gasteiger partial charge in [-0.1, -0.05) is 6.07 Å². The number of halogens is 1. The topological polar surface area (TPSA) is 46.2 Å². The molecular formula is C19H28BFO5. The van der Waals surface area contributed by atoms with Crippen molar-refractivity contribution in [3.05, 3.63) is 24.0 Å². The maximum atomic E-state index is 14.4. The Morgan fingerprint density at radius 2 is 1.85 bits per heavy atom. The average molecular weight is 366 g/mol. The Morgan fingerprint density at radius 3 is 2.46 bits per heavy atom. The molecule has 1 aromatic rings. The maximum Gasteiger partial charge on any atom is 0.494 e. The van der Waals surface area contributed by atoms with Crippen LogP contribution in [0.5, 0.6) is 5.75 Å². The first-order valence-corrected chi connectivity index (χ1v) is 9.30. The molecule has 0 N–H and O–H groups in total. The highest BCUT2D eigenvalue weighted by molar-refractivity contribution is 6.62. The molecule has 1 aromatic carbocycles. The van der Waals surface area contributed by atoms with Gasteiger partial charge in [0.1, 0.15) is 6.61 Å². The lowest BCUT2D eigenvalue weighted by atomic mass is 9.79. The van der Waals surface area contributed by atoms with Gasteiger partial charge in [-0.05, 0) is 64.6 Å². The fraction of sp³-hybridized carbons (Fsp3) is 0.684. The van der Waals surface area contributed by atoms with Crippen molar-refractivity contribution in [3.8, 4) is 5.75 Å². The quantitative estimate of drug-likeness (QED) is 0.572. The Hall–Kier alpha value is -1.15. The molecule has 2 aliphatic heterocycles. The van der Waals surface area contributed by atoms with Gasteiger partial charge in [0.25, 0.3) is 0 Å². The van der Waals surface area contributed by atoms with E-state index in [0.29, 0.717) is 12.1 Å². The molecule has 5 nitrogen and oxygen atoms in total. The van der Waals surface area contributed by atoms with E-state index in [0.717, 1.165) is 25.9 Å². The lowest BCUT2D eigenvalue weighted by Crippen LogP contribution is -2.41. The fourth-order valence-corrected chi connectivity index (χ4v) is 2.93. The van der Waals surface area contributed by atoms with Crippen LogP contribution in [0.25, 0.3) is 0 Å². The largest absolute Gasteiger partial charge is 0.494 e. The molecule has 0 aliphatic carbocycles. The van der Waals surface area contributed by atoms with Crippen LogP contribution in [0.3, 0.4) is 0 Å². The van der Waals surface area contributed by atoms with E-state index in [-0.39, 0.29) is 18.6 Å². The van der Waals surface area contributed by atoms with Crippen molar-refractivity contribution in [2.45, 2.75) is 64.4 Å². The first-order chi connectivity index (χ1) is 12.3. The molecule has 1 atom stereocenters. The Bertz CT molecular complexity index is 600. The molecule has 0 radical (unpaired) electrons. The summed E-state index contributed by atoms with van der Waals surface area (Å²) in [7, 11) is -0.588. The third-order valence-corrected chi connectivity index (χ3v) is 5.26. The van der Waals surface area contributed by atoms with Crippen LogP contribution in [-0.2, 0) is 18.8 Å². The lowest BCUT2D eigenvalue weighted by molar-refractivity contribution is -0.165. The van der Waals surface area contributed by atoms with Gasteiger partial charge < -0.3 is 23.5 Å². The third kappa shape index (κ3) is 4.39. The molecule has 0 aromatic heterocycles. The first kappa shape index (κ1) is 19.6. The molecule has 1 unspecified atom stereocenters. The van der Waals surface area contributed by atoms with E-state index in [2.05, 4.69) is 0 Å². The van der Waals surface area contributed by atoms with Crippen molar-refractivity contribution < 1.29 is 27.9 Å². The minimum absolute atomic E-state index is 0.164. The zero-order valence-corrected chi connectivity index (χ0v) is 16.0. The Morgan fingerprint density at radius 1 is 1.12 bits per heavy atom. The summed E-state index contributed by atoms with van der Waals surface area (Å²) in [6, 6.07) is 4.78. The van der Waals surface area contributed by atoms with Crippen molar-refractivity contribution in [2.75, 3.05) is 19.8 Å². The Balaban J connectivity index is 1.51. The van der Waals surface area contributed by atoms with Crippen LogP contribution in [0.15, 0.2) is 18.2 Å². The molecule has 2 fully saturated rings. The summed E-state index contributed by atoms with van der Waals surface area (Å²) in [5, 5.41) is 0. The van der Waals surface area contributed by atoms with Gasteiger partial charge in [0.15, 0.2) is 17.9 Å².